The van der Waals surface area contributed by atoms with Crippen LogP contribution in [0.3, 0.4) is 0 Å². The fourth-order valence-corrected chi connectivity index (χ4v) is 3.88. The predicted octanol–water partition coefficient (Wildman–Crippen LogP) is 1.27. The molecule has 3 N–H and O–H groups in total. The van der Waals surface area contributed by atoms with Gasteiger partial charge in [0, 0.05) is 49.7 Å². The summed E-state index contributed by atoms with van der Waals surface area (Å²) in [5.74, 6) is -0.972. The van der Waals surface area contributed by atoms with Gasteiger partial charge in [-0.2, -0.15) is 4.98 Å². The highest BCUT2D eigenvalue weighted by Crippen LogP contribution is 2.24. The molecule has 34 heavy (non-hydrogen) atoms. The molecule has 1 atom stereocenters. The Morgan fingerprint density at radius 3 is 2.56 bits per heavy atom. The molecule has 2 aliphatic heterocycles. The van der Waals surface area contributed by atoms with Gasteiger partial charge in [-0.3, -0.25) is 9.59 Å². The summed E-state index contributed by atoms with van der Waals surface area (Å²) in [4.78, 5) is 48.2. The quantitative estimate of drug-likeness (QED) is 0.515. The third-order valence-corrected chi connectivity index (χ3v) is 5.70. The van der Waals surface area contributed by atoms with E-state index in [1.165, 1.54) is 12.3 Å². The zero-order valence-corrected chi connectivity index (χ0v) is 18.6. The smallest absolute Gasteiger partial charge is 0.341 e. The average molecular weight is 466 g/mol. The molecule has 1 aromatic carbocycles. The number of carboxylic acid groups (broad SMARTS) is 1. The molecular weight excluding hydrogens is 440 g/mol. The highest BCUT2D eigenvalue weighted by Gasteiger charge is 2.26. The number of carboxylic acids is 1. The van der Waals surface area contributed by atoms with E-state index in [1.807, 2.05) is 4.90 Å². The molecule has 4 rings (SSSR count). The number of carbonyl (C=O) groups excluding carboxylic acids is 2. The van der Waals surface area contributed by atoms with Crippen LogP contribution < -0.4 is 15.5 Å². The summed E-state index contributed by atoms with van der Waals surface area (Å²) in [7, 11) is 0. The van der Waals surface area contributed by atoms with Gasteiger partial charge in [-0.25, -0.2) is 9.78 Å². The first-order valence-corrected chi connectivity index (χ1v) is 11.0. The van der Waals surface area contributed by atoms with Gasteiger partial charge in [0.1, 0.15) is 5.56 Å². The van der Waals surface area contributed by atoms with Crippen molar-refractivity contribution in [2.45, 2.75) is 12.5 Å². The lowest BCUT2D eigenvalue weighted by atomic mass is 10.1. The molecule has 0 saturated carbocycles. The van der Waals surface area contributed by atoms with E-state index in [1.54, 1.807) is 29.2 Å². The lowest BCUT2D eigenvalue weighted by Crippen LogP contribution is -2.40. The number of aromatic carboxylic acids is 1. The third-order valence-electron chi connectivity index (χ3n) is 5.70. The maximum atomic E-state index is 12.6. The molecule has 3 heterocycles. The van der Waals surface area contributed by atoms with Crippen LogP contribution in [0.15, 0.2) is 43.1 Å². The summed E-state index contributed by atoms with van der Waals surface area (Å²) >= 11 is 0. The van der Waals surface area contributed by atoms with Crippen molar-refractivity contribution in [1.82, 2.24) is 20.2 Å². The second-order valence-corrected chi connectivity index (χ2v) is 7.99. The number of amides is 2. The number of ether oxygens (including phenoxy) is 1. The van der Waals surface area contributed by atoms with Crippen molar-refractivity contribution in [2.75, 3.05) is 49.6 Å². The number of benzene rings is 1. The van der Waals surface area contributed by atoms with Gasteiger partial charge in [0.25, 0.3) is 5.91 Å². The van der Waals surface area contributed by atoms with Crippen LogP contribution >= 0.6 is 0 Å². The Morgan fingerprint density at radius 1 is 1.15 bits per heavy atom. The number of rotatable bonds is 7. The number of morpholine rings is 1. The second-order valence-electron chi connectivity index (χ2n) is 7.99. The van der Waals surface area contributed by atoms with E-state index >= 15 is 0 Å². The van der Waals surface area contributed by atoms with Gasteiger partial charge < -0.3 is 30.3 Å². The molecule has 0 spiro atoms. The van der Waals surface area contributed by atoms with E-state index in [4.69, 9.17) is 4.74 Å². The minimum absolute atomic E-state index is 0.0683. The van der Waals surface area contributed by atoms with Crippen LogP contribution in [0.25, 0.3) is 0 Å². The Morgan fingerprint density at radius 2 is 1.88 bits per heavy atom. The lowest BCUT2D eigenvalue weighted by Gasteiger charge is -2.26. The Hall–Kier alpha value is -3.99. The molecular formula is C23H26N6O5. The summed E-state index contributed by atoms with van der Waals surface area (Å²) in [6.45, 7) is 6.74. The maximum Gasteiger partial charge on any atom is 0.341 e. The molecule has 178 valence electrons. The van der Waals surface area contributed by atoms with Crippen molar-refractivity contribution in [1.29, 1.82) is 0 Å². The third kappa shape index (κ3) is 5.31. The van der Waals surface area contributed by atoms with E-state index in [9.17, 15) is 19.5 Å². The molecule has 0 bridgehead atoms. The molecule has 2 amide bonds. The van der Waals surface area contributed by atoms with Gasteiger partial charge >= 0.3 is 5.97 Å². The van der Waals surface area contributed by atoms with Crippen LogP contribution in [0.1, 0.15) is 27.1 Å². The average Bonchev–Trinajstić information content (AvgIpc) is 3.32. The highest BCUT2D eigenvalue weighted by atomic mass is 16.5. The maximum absolute atomic E-state index is 12.6. The number of hydrogen-bond acceptors (Lipinski definition) is 8. The first-order chi connectivity index (χ1) is 16.4. The number of hydrogen-bond donors (Lipinski definition) is 3. The molecule has 1 aromatic heterocycles. The molecule has 0 unspecified atom stereocenters. The molecule has 11 heteroatoms. The van der Waals surface area contributed by atoms with Gasteiger partial charge in [0.05, 0.1) is 13.2 Å². The predicted molar refractivity (Wildman–Crippen MR) is 124 cm³/mol. The fraction of sp³-hybridized carbons (Fsp3) is 0.348. The van der Waals surface area contributed by atoms with Crippen LogP contribution in [0, 0.1) is 0 Å². The van der Waals surface area contributed by atoms with Crippen molar-refractivity contribution in [2.24, 2.45) is 0 Å². The largest absolute Gasteiger partial charge is 0.477 e. The monoisotopic (exact) mass is 466 g/mol. The Balaban J connectivity index is 1.48. The summed E-state index contributed by atoms with van der Waals surface area (Å²) in [6, 6.07) is 6.72. The number of nitrogens with one attached hydrogen (secondary N) is 2. The standard InChI is InChI=1S/C23H26N6O5/c1-2-19(30)25-17-7-8-29(14-17)23-24-13-18(22(32)33)20(27-23)26-16-5-3-15(4-6-16)21(31)28-9-11-34-12-10-28/h2-6,13,17H,1,7-12,14H2,(H,25,30)(H,32,33)(H,24,26,27)/t17-/m0/s1. The van der Waals surface area contributed by atoms with Gasteiger partial charge in [-0.15, -0.1) is 0 Å². The van der Waals surface area contributed by atoms with Gasteiger partial charge in [0.15, 0.2) is 5.82 Å². The van der Waals surface area contributed by atoms with Gasteiger partial charge in [0.2, 0.25) is 11.9 Å². The van der Waals surface area contributed by atoms with Crippen LogP contribution in [0.4, 0.5) is 17.5 Å². The SMILES string of the molecule is C=CC(=O)N[C@H]1CCN(c2ncc(C(=O)O)c(Nc3ccc(C(=O)N4CCOCC4)cc3)n2)C1. The van der Waals surface area contributed by atoms with E-state index in [0.717, 1.165) is 0 Å². The van der Waals surface area contributed by atoms with E-state index in [2.05, 4.69) is 27.2 Å². The molecule has 2 aromatic rings. The van der Waals surface area contributed by atoms with Gasteiger partial charge in [-0.05, 0) is 36.8 Å². The summed E-state index contributed by atoms with van der Waals surface area (Å²) in [5, 5.41) is 15.5. The van der Waals surface area contributed by atoms with E-state index in [-0.39, 0.29) is 29.2 Å². The highest BCUT2D eigenvalue weighted by molar-refractivity contribution is 5.95. The van der Waals surface area contributed by atoms with Crippen LogP contribution in [-0.4, -0.2) is 83.2 Å². The molecule has 11 nitrogen and oxygen atoms in total. The van der Waals surface area contributed by atoms with Crippen molar-refractivity contribution in [3.63, 3.8) is 0 Å². The Bertz CT molecular complexity index is 1080. The normalized spacial score (nSPS) is 17.8. The minimum atomic E-state index is -1.16. The van der Waals surface area contributed by atoms with Gasteiger partial charge in [-0.1, -0.05) is 6.58 Å². The minimum Gasteiger partial charge on any atom is -0.477 e. The van der Waals surface area contributed by atoms with Crippen molar-refractivity contribution >= 4 is 35.2 Å². The van der Waals surface area contributed by atoms with E-state index < -0.39 is 5.97 Å². The zero-order valence-electron chi connectivity index (χ0n) is 18.6. The van der Waals surface area contributed by atoms with Crippen LogP contribution in [-0.2, 0) is 9.53 Å². The zero-order chi connectivity index (χ0) is 24.1. The summed E-state index contributed by atoms with van der Waals surface area (Å²) in [5.41, 5.74) is 1.05. The molecule has 2 aliphatic rings. The summed E-state index contributed by atoms with van der Waals surface area (Å²) in [6.07, 6.45) is 3.20. The fourth-order valence-electron chi connectivity index (χ4n) is 3.88. The first kappa shape index (κ1) is 23.2. The Labute approximate surface area is 196 Å². The van der Waals surface area contributed by atoms with E-state index in [0.29, 0.717) is 63.0 Å². The van der Waals surface area contributed by atoms with Crippen molar-refractivity contribution in [3.8, 4) is 0 Å². The van der Waals surface area contributed by atoms with Crippen LogP contribution in [0.5, 0.6) is 0 Å². The van der Waals surface area contributed by atoms with Crippen molar-refractivity contribution < 1.29 is 24.2 Å². The number of anilines is 3. The lowest BCUT2D eigenvalue weighted by molar-refractivity contribution is -0.117. The van der Waals surface area contributed by atoms with Crippen molar-refractivity contribution in [3.05, 3.63) is 54.2 Å². The molecule has 2 saturated heterocycles. The second kappa shape index (κ2) is 10.3. The number of carbonyl (C=O) groups is 3. The number of aromatic nitrogens is 2. The molecule has 0 radical (unpaired) electrons. The van der Waals surface area contributed by atoms with Crippen LogP contribution in [0.2, 0.25) is 0 Å². The molecule has 0 aliphatic carbocycles. The number of nitrogens with zero attached hydrogens (tertiary/aromatic N) is 4. The summed E-state index contributed by atoms with van der Waals surface area (Å²) < 4.78 is 5.29. The topological polar surface area (TPSA) is 137 Å². The first-order valence-electron chi connectivity index (χ1n) is 11.0. The molecule has 2 fully saturated rings. The Kier molecular flexibility index (Phi) is 7.02.